The van der Waals surface area contributed by atoms with Crippen molar-refractivity contribution in [1.29, 1.82) is 0 Å². The average Bonchev–Trinajstić information content (AvgIpc) is 2.83. The predicted octanol–water partition coefficient (Wildman–Crippen LogP) is 2.58. The standard InChI is InChI=1S/C23H24N4O6/c1-32-21-7-6-16(14-19(21)27(30)31)23(29)26-12-10-25(11-13-26)9-8-24-18-15-22(28)33-20-5-3-2-4-17(18)20/h2-7,14-15,24H,8-13H2,1H3. The first-order valence-electron chi connectivity index (χ1n) is 10.6. The number of nitro benzene ring substituents is 1. The van der Waals surface area contributed by atoms with Gasteiger partial charge in [-0.15, -0.1) is 0 Å². The first-order valence-corrected chi connectivity index (χ1v) is 10.6. The quantitative estimate of drug-likeness (QED) is 0.330. The number of carbonyl (C=O) groups is 1. The van der Waals surface area contributed by atoms with Crippen molar-refractivity contribution < 1.29 is 18.9 Å². The van der Waals surface area contributed by atoms with Crippen molar-refractivity contribution in [2.45, 2.75) is 0 Å². The summed E-state index contributed by atoms with van der Waals surface area (Å²) in [6.45, 7) is 3.79. The highest BCUT2D eigenvalue weighted by Gasteiger charge is 2.25. The van der Waals surface area contributed by atoms with Crippen LogP contribution in [0.5, 0.6) is 5.75 Å². The SMILES string of the molecule is COc1ccc(C(=O)N2CCN(CCNc3cc(=O)oc4ccccc34)CC2)cc1[N+](=O)[O-]. The summed E-state index contributed by atoms with van der Waals surface area (Å²) in [6.07, 6.45) is 0. The van der Waals surface area contributed by atoms with E-state index in [1.807, 2.05) is 18.2 Å². The normalized spacial score (nSPS) is 14.3. The first-order chi connectivity index (χ1) is 16.0. The molecule has 3 aromatic rings. The Kier molecular flexibility index (Phi) is 6.55. The molecule has 172 valence electrons. The van der Waals surface area contributed by atoms with Crippen LogP contribution in [-0.4, -0.2) is 67.0 Å². The highest BCUT2D eigenvalue weighted by Crippen LogP contribution is 2.28. The Balaban J connectivity index is 1.32. The number of hydrogen-bond acceptors (Lipinski definition) is 8. The molecule has 2 heterocycles. The number of fused-ring (bicyclic) bond motifs is 1. The van der Waals surface area contributed by atoms with E-state index < -0.39 is 10.5 Å². The fraction of sp³-hybridized carbons (Fsp3) is 0.304. The third kappa shape index (κ3) is 4.96. The highest BCUT2D eigenvalue weighted by atomic mass is 16.6. The number of rotatable bonds is 7. The molecule has 1 fully saturated rings. The molecule has 1 aromatic heterocycles. The first kappa shape index (κ1) is 22.3. The van der Waals surface area contributed by atoms with Crippen LogP contribution >= 0.6 is 0 Å². The molecule has 0 bridgehead atoms. The molecule has 0 saturated carbocycles. The maximum absolute atomic E-state index is 12.8. The average molecular weight is 452 g/mol. The maximum atomic E-state index is 12.8. The van der Waals surface area contributed by atoms with Gasteiger partial charge in [-0.3, -0.25) is 19.8 Å². The summed E-state index contributed by atoms with van der Waals surface area (Å²) in [4.78, 5) is 39.2. The van der Waals surface area contributed by atoms with E-state index >= 15 is 0 Å². The van der Waals surface area contributed by atoms with Crippen molar-refractivity contribution >= 4 is 28.3 Å². The number of methoxy groups -OCH3 is 1. The van der Waals surface area contributed by atoms with Gasteiger partial charge in [-0.05, 0) is 24.3 Å². The van der Waals surface area contributed by atoms with Crippen molar-refractivity contribution in [3.05, 3.63) is 74.6 Å². The van der Waals surface area contributed by atoms with Gasteiger partial charge < -0.3 is 19.4 Å². The van der Waals surface area contributed by atoms with E-state index in [9.17, 15) is 19.7 Å². The van der Waals surface area contributed by atoms with Gasteiger partial charge >= 0.3 is 11.3 Å². The van der Waals surface area contributed by atoms with E-state index in [1.54, 1.807) is 17.0 Å². The number of piperazine rings is 1. The number of ether oxygens (including phenoxy) is 1. The topological polar surface area (TPSA) is 118 Å². The third-order valence-electron chi connectivity index (χ3n) is 5.68. The molecule has 0 radical (unpaired) electrons. The smallest absolute Gasteiger partial charge is 0.338 e. The summed E-state index contributed by atoms with van der Waals surface area (Å²) < 4.78 is 10.2. The summed E-state index contributed by atoms with van der Waals surface area (Å²) in [6, 6.07) is 13.1. The minimum atomic E-state index is -0.555. The zero-order valence-corrected chi connectivity index (χ0v) is 18.2. The van der Waals surface area contributed by atoms with Gasteiger partial charge in [0.15, 0.2) is 5.75 Å². The number of carbonyl (C=O) groups excluding carboxylic acids is 1. The van der Waals surface area contributed by atoms with E-state index in [4.69, 9.17) is 9.15 Å². The van der Waals surface area contributed by atoms with E-state index in [1.165, 1.54) is 25.3 Å². The number of anilines is 1. The minimum absolute atomic E-state index is 0.123. The summed E-state index contributed by atoms with van der Waals surface area (Å²) in [7, 11) is 1.35. The second-order valence-electron chi connectivity index (χ2n) is 7.68. The number of nitro groups is 1. The Morgan fingerprint density at radius 2 is 1.91 bits per heavy atom. The van der Waals surface area contributed by atoms with Gasteiger partial charge in [0.1, 0.15) is 5.58 Å². The zero-order valence-electron chi connectivity index (χ0n) is 18.2. The van der Waals surface area contributed by atoms with Crippen molar-refractivity contribution in [1.82, 2.24) is 9.80 Å². The summed E-state index contributed by atoms with van der Waals surface area (Å²) >= 11 is 0. The Morgan fingerprint density at radius 3 is 2.64 bits per heavy atom. The summed E-state index contributed by atoms with van der Waals surface area (Å²) in [5, 5.41) is 15.4. The van der Waals surface area contributed by atoms with Crippen molar-refractivity contribution in [2.75, 3.05) is 51.7 Å². The van der Waals surface area contributed by atoms with Gasteiger partial charge in [-0.2, -0.15) is 0 Å². The van der Waals surface area contributed by atoms with Crippen LogP contribution in [0, 0.1) is 10.1 Å². The number of para-hydroxylation sites is 1. The summed E-state index contributed by atoms with van der Waals surface area (Å²) in [5.74, 6) is -0.112. The van der Waals surface area contributed by atoms with E-state index in [0.717, 1.165) is 17.6 Å². The lowest BCUT2D eigenvalue weighted by molar-refractivity contribution is -0.385. The van der Waals surface area contributed by atoms with Crippen molar-refractivity contribution in [2.24, 2.45) is 0 Å². The van der Waals surface area contributed by atoms with Crippen LogP contribution in [0.2, 0.25) is 0 Å². The Hall–Kier alpha value is -3.92. The van der Waals surface area contributed by atoms with Gasteiger partial charge in [-0.25, -0.2) is 4.79 Å². The van der Waals surface area contributed by atoms with Gasteiger partial charge in [0, 0.05) is 62.4 Å². The molecule has 0 atom stereocenters. The minimum Gasteiger partial charge on any atom is -0.490 e. The molecular weight excluding hydrogens is 428 g/mol. The number of benzene rings is 2. The fourth-order valence-electron chi connectivity index (χ4n) is 3.93. The number of nitrogens with one attached hydrogen (secondary N) is 1. The molecular formula is C23H24N4O6. The molecule has 10 heteroatoms. The van der Waals surface area contributed by atoms with Crippen LogP contribution in [0.15, 0.2) is 57.7 Å². The molecule has 0 unspecified atom stereocenters. The highest BCUT2D eigenvalue weighted by molar-refractivity contribution is 5.95. The molecule has 1 N–H and O–H groups in total. The Morgan fingerprint density at radius 1 is 1.15 bits per heavy atom. The molecule has 1 aliphatic heterocycles. The van der Waals surface area contributed by atoms with Gasteiger partial charge in [0.2, 0.25) is 0 Å². The van der Waals surface area contributed by atoms with Crippen LogP contribution < -0.4 is 15.7 Å². The Bertz CT molecular complexity index is 1230. The van der Waals surface area contributed by atoms with Crippen LogP contribution in [0.1, 0.15) is 10.4 Å². The number of hydrogen-bond donors (Lipinski definition) is 1. The lowest BCUT2D eigenvalue weighted by Gasteiger charge is -2.34. The van der Waals surface area contributed by atoms with Gasteiger partial charge in [0.25, 0.3) is 5.91 Å². The van der Waals surface area contributed by atoms with Gasteiger partial charge in [0.05, 0.1) is 17.7 Å². The largest absolute Gasteiger partial charge is 0.490 e. The second-order valence-corrected chi connectivity index (χ2v) is 7.68. The molecule has 0 aliphatic carbocycles. The summed E-state index contributed by atoms with van der Waals surface area (Å²) in [5.41, 5.74) is 0.917. The second kappa shape index (κ2) is 9.70. The van der Waals surface area contributed by atoms with E-state index in [0.29, 0.717) is 38.3 Å². The monoisotopic (exact) mass is 452 g/mol. The molecule has 2 aromatic carbocycles. The lowest BCUT2D eigenvalue weighted by Crippen LogP contribution is -2.49. The number of amides is 1. The zero-order chi connectivity index (χ0) is 23.4. The van der Waals surface area contributed by atoms with E-state index in [2.05, 4.69) is 10.2 Å². The lowest BCUT2D eigenvalue weighted by atomic mass is 10.1. The maximum Gasteiger partial charge on any atom is 0.338 e. The molecule has 1 amide bonds. The van der Waals surface area contributed by atoms with Crippen molar-refractivity contribution in [3.8, 4) is 5.75 Å². The molecule has 4 rings (SSSR count). The number of nitrogens with zero attached hydrogens (tertiary/aromatic N) is 3. The molecule has 1 saturated heterocycles. The van der Waals surface area contributed by atoms with Crippen LogP contribution in [-0.2, 0) is 0 Å². The third-order valence-corrected chi connectivity index (χ3v) is 5.68. The molecule has 1 aliphatic rings. The van der Waals surface area contributed by atoms with Crippen LogP contribution in [0.3, 0.4) is 0 Å². The molecule has 0 spiro atoms. The molecule has 33 heavy (non-hydrogen) atoms. The predicted molar refractivity (Wildman–Crippen MR) is 123 cm³/mol. The fourth-order valence-corrected chi connectivity index (χ4v) is 3.93. The van der Waals surface area contributed by atoms with E-state index in [-0.39, 0.29) is 22.9 Å². The van der Waals surface area contributed by atoms with Crippen molar-refractivity contribution in [3.63, 3.8) is 0 Å². The van der Waals surface area contributed by atoms with Crippen LogP contribution in [0.25, 0.3) is 11.0 Å². The molecule has 10 nitrogen and oxygen atoms in total. The Labute approximate surface area is 189 Å². The van der Waals surface area contributed by atoms with Crippen LogP contribution in [0.4, 0.5) is 11.4 Å². The van der Waals surface area contributed by atoms with Gasteiger partial charge in [-0.1, -0.05) is 12.1 Å².